The van der Waals surface area contributed by atoms with E-state index in [4.69, 9.17) is 14.0 Å². The number of rotatable bonds is 5. The molecule has 1 aromatic rings. The Morgan fingerprint density at radius 3 is 3.04 bits per heavy atom. The van der Waals surface area contributed by atoms with Gasteiger partial charge in [0.1, 0.15) is 11.9 Å². The number of nitrogens with zero attached hydrogens (tertiary/aromatic N) is 1. The lowest BCUT2D eigenvalue weighted by Gasteiger charge is -2.31. The molecule has 0 spiro atoms. The smallest absolute Gasteiger partial charge is 0.274 e. The number of allylic oxidation sites excluding steroid dienone is 1. The molecule has 1 aromatic heterocycles. The Bertz CT molecular complexity index is 604. The van der Waals surface area contributed by atoms with E-state index in [9.17, 15) is 4.79 Å². The summed E-state index contributed by atoms with van der Waals surface area (Å²) < 4.78 is 16.7. The molecule has 24 heavy (non-hydrogen) atoms. The monoisotopic (exact) mass is 334 g/mol. The molecule has 1 aliphatic heterocycles. The third-order valence-electron chi connectivity index (χ3n) is 4.59. The highest BCUT2D eigenvalue weighted by Gasteiger charge is 2.31. The SMILES string of the molecule is CC(C)=CCO[C@@H]1COCC[C@H]1NC(=O)c1noc2c1CCCC2. The van der Waals surface area contributed by atoms with E-state index < -0.39 is 0 Å². The molecular weight excluding hydrogens is 308 g/mol. The Balaban J connectivity index is 1.63. The van der Waals surface area contributed by atoms with Gasteiger partial charge in [-0.3, -0.25) is 4.79 Å². The van der Waals surface area contributed by atoms with Gasteiger partial charge in [-0.1, -0.05) is 16.8 Å². The molecule has 1 saturated heterocycles. The first-order valence-electron chi connectivity index (χ1n) is 8.76. The van der Waals surface area contributed by atoms with Crippen molar-refractivity contribution < 1.29 is 18.8 Å². The van der Waals surface area contributed by atoms with E-state index in [1.54, 1.807) is 0 Å². The normalized spacial score (nSPS) is 23.4. The number of aryl methyl sites for hydroxylation is 1. The van der Waals surface area contributed by atoms with Gasteiger partial charge >= 0.3 is 0 Å². The average molecular weight is 334 g/mol. The second-order valence-electron chi connectivity index (χ2n) is 6.74. The molecule has 1 N–H and O–H groups in total. The van der Waals surface area contributed by atoms with Crippen LogP contribution in [-0.4, -0.2) is 43.0 Å². The average Bonchev–Trinajstić information content (AvgIpc) is 3.00. The predicted octanol–water partition coefficient (Wildman–Crippen LogP) is 2.42. The Morgan fingerprint density at radius 1 is 1.38 bits per heavy atom. The molecule has 1 amide bonds. The van der Waals surface area contributed by atoms with Crippen LogP contribution >= 0.6 is 0 Å². The lowest BCUT2D eigenvalue weighted by molar-refractivity contribution is -0.0589. The second-order valence-corrected chi connectivity index (χ2v) is 6.74. The van der Waals surface area contributed by atoms with Crippen molar-refractivity contribution in [2.24, 2.45) is 0 Å². The van der Waals surface area contributed by atoms with E-state index in [0.717, 1.165) is 43.4 Å². The number of nitrogens with one attached hydrogen (secondary N) is 1. The first-order valence-corrected chi connectivity index (χ1v) is 8.76. The lowest BCUT2D eigenvalue weighted by atomic mass is 9.96. The van der Waals surface area contributed by atoms with E-state index in [1.807, 2.05) is 19.9 Å². The van der Waals surface area contributed by atoms with E-state index in [1.165, 1.54) is 5.57 Å². The summed E-state index contributed by atoms with van der Waals surface area (Å²) in [6.45, 7) is 5.73. The largest absolute Gasteiger partial charge is 0.379 e. The number of aromatic nitrogens is 1. The van der Waals surface area contributed by atoms with Crippen molar-refractivity contribution in [3.8, 4) is 0 Å². The minimum atomic E-state index is -0.162. The molecular formula is C18H26N2O4. The summed E-state index contributed by atoms with van der Waals surface area (Å²) in [6.07, 6.45) is 6.56. The maximum Gasteiger partial charge on any atom is 0.274 e. The molecule has 3 rings (SSSR count). The van der Waals surface area contributed by atoms with Crippen LogP contribution in [0.5, 0.6) is 0 Å². The minimum absolute atomic E-state index is 0.0623. The fraction of sp³-hybridized carbons (Fsp3) is 0.667. The first-order chi connectivity index (χ1) is 11.6. The highest BCUT2D eigenvalue weighted by atomic mass is 16.5. The van der Waals surface area contributed by atoms with Crippen molar-refractivity contribution in [1.82, 2.24) is 10.5 Å². The minimum Gasteiger partial charge on any atom is -0.379 e. The van der Waals surface area contributed by atoms with Crippen molar-refractivity contribution >= 4 is 5.91 Å². The molecule has 0 unspecified atom stereocenters. The van der Waals surface area contributed by atoms with Crippen LogP contribution in [0.25, 0.3) is 0 Å². The van der Waals surface area contributed by atoms with Gasteiger partial charge in [0, 0.05) is 18.6 Å². The maximum absolute atomic E-state index is 12.6. The van der Waals surface area contributed by atoms with Crippen molar-refractivity contribution in [3.63, 3.8) is 0 Å². The number of carbonyl (C=O) groups is 1. The Morgan fingerprint density at radius 2 is 2.21 bits per heavy atom. The van der Waals surface area contributed by atoms with Crippen molar-refractivity contribution in [1.29, 1.82) is 0 Å². The molecule has 0 bridgehead atoms. The molecule has 6 heteroatoms. The fourth-order valence-corrected chi connectivity index (χ4v) is 3.18. The third kappa shape index (κ3) is 4.05. The summed E-state index contributed by atoms with van der Waals surface area (Å²) in [5, 5.41) is 7.08. The zero-order valence-electron chi connectivity index (χ0n) is 14.5. The van der Waals surface area contributed by atoms with E-state index in [0.29, 0.717) is 25.5 Å². The molecule has 0 aromatic carbocycles. The van der Waals surface area contributed by atoms with Crippen LogP contribution in [0.15, 0.2) is 16.2 Å². The summed E-state index contributed by atoms with van der Waals surface area (Å²) >= 11 is 0. The van der Waals surface area contributed by atoms with Crippen LogP contribution in [-0.2, 0) is 22.3 Å². The molecule has 2 aliphatic rings. The van der Waals surface area contributed by atoms with Crippen LogP contribution in [0, 0.1) is 0 Å². The van der Waals surface area contributed by atoms with Crippen molar-refractivity contribution in [2.75, 3.05) is 19.8 Å². The zero-order chi connectivity index (χ0) is 16.9. The first kappa shape index (κ1) is 17.2. The van der Waals surface area contributed by atoms with Crippen molar-refractivity contribution in [2.45, 2.75) is 58.1 Å². The summed E-state index contributed by atoms with van der Waals surface area (Å²) in [6, 6.07) is -0.0623. The number of hydrogen-bond donors (Lipinski definition) is 1. The van der Waals surface area contributed by atoms with Gasteiger partial charge in [-0.15, -0.1) is 0 Å². The van der Waals surface area contributed by atoms with Crippen LogP contribution in [0.4, 0.5) is 0 Å². The third-order valence-corrected chi connectivity index (χ3v) is 4.59. The quantitative estimate of drug-likeness (QED) is 0.837. The van der Waals surface area contributed by atoms with Gasteiger partial charge in [0.15, 0.2) is 5.69 Å². The second kappa shape index (κ2) is 7.94. The van der Waals surface area contributed by atoms with Crippen LogP contribution in [0.1, 0.15) is 54.9 Å². The molecule has 0 radical (unpaired) electrons. The predicted molar refractivity (Wildman–Crippen MR) is 89.0 cm³/mol. The van der Waals surface area contributed by atoms with E-state index in [2.05, 4.69) is 10.5 Å². The van der Waals surface area contributed by atoms with Gasteiger partial charge in [0.2, 0.25) is 0 Å². The Kier molecular flexibility index (Phi) is 5.68. The highest BCUT2D eigenvalue weighted by molar-refractivity contribution is 5.94. The topological polar surface area (TPSA) is 73.6 Å². The van der Waals surface area contributed by atoms with E-state index in [-0.39, 0.29) is 18.1 Å². The van der Waals surface area contributed by atoms with Crippen molar-refractivity contribution in [3.05, 3.63) is 28.7 Å². The molecule has 1 aliphatic carbocycles. The number of ether oxygens (including phenoxy) is 2. The fourth-order valence-electron chi connectivity index (χ4n) is 3.18. The number of carbonyl (C=O) groups excluding carboxylic acids is 1. The van der Waals surface area contributed by atoms with Gasteiger partial charge in [0.05, 0.1) is 19.3 Å². The summed E-state index contributed by atoms with van der Waals surface area (Å²) in [4.78, 5) is 12.6. The van der Waals surface area contributed by atoms with Gasteiger partial charge in [-0.25, -0.2) is 0 Å². The van der Waals surface area contributed by atoms with E-state index >= 15 is 0 Å². The van der Waals surface area contributed by atoms with Crippen LogP contribution in [0.3, 0.4) is 0 Å². The number of amides is 1. The molecule has 6 nitrogen and oxygen atoms in total. The lowest BCUT2D eigenvalue weighted by Crippen LogP contribution is -2.50. The Hall–Kier alpha value is -1.66. The van der Waals surface area contributed by atoms with Crippen LogP contribution < -0.4 is 5.32 Å². The summed E-state index contributed by atoms with van der Waals surface area (Å²) in [5.41, 5.74) is 2.63. The molecule has 2 heterocycles. The summed E-state index contributed by atoms with van der Waals surface area (Å²) in [7, 11) is 0. The van der Waals surface area contributed by atoms with Gasteiger partial charge < -0.3 is 19.3 Å². The standard InChI is InChI=1S/C18H26N2O4/c1-12(2)7-10-23-16-11-22-9-8-14(16)19-18(21)17-13-5-3-4-6-15(13)24-20-17/h7,14,16H,3-6,8-11H2,1-2H3,(H,19,21)/t14-,16-/m1/s1. The number of hydrogen-bond acceptors (Lipinski definition) is 5. The van der Waals surface area contributed by atoms with Gasteiger partial charge in [0.25, 0.3) is 5.91 Å². The number of fused-ring (bicyclic) bond motifs is 1. The molecule has 132 valence electrons. The zero-order valence-corrected chi connectivity index (χ0v) is 14.5. The summed E-state index contributed by atoms with van der Waals surface area (Å²) in [5.74, 6) is 0.708. The molecule has 0 saturated carbocycles. The van der Waals surface area contributed by atoms with Gasteiger partial charge in [-0.2, -0.15) is 0 Å². The maximum atomic E-state index is 12.6. The van der Waals surface area contributed by atoms with Gasteiger partial charge in [-0.05, 0) is 39.5 Å². The molecule has 1 fully saturated rings. The molecule has 2 atom stereocenters. The Labute approximate surface area is 142 Å². The highest BCUT2D eigenvalue weighted by Crippen LogP contribution is 2.24. The van der Waals surface area contributed by atoms with Crippen LogP contribution in [0.2, 0.25) is 0 Å².